The number of nitrogens with zero attached hydrogens (tertiary/aromatic N) is 3. The van der Waals surface area contributed by atoms with E-state index in [-0.39, 0.29) is 43.8 Å². The van der Waals surface area contributed by atoms with E-state index in [1.807, 2.05) is 16.7 Å². The van der Waals surface area contributed by atoms with Crippen LogP contribution in [0.15, 0.2) is 42.5 Å². The number of hydrogen-bond donors (Lipinski definition) is 0. The Morgan fingerprint density at radius 3 is 1.90 bits per heavy atom. The summed E-state index contributed by atoms with van der Waals surface area (Å²) >= 11 is 1.90. The zero-order valence-electron chi connectivity index (χ0n) is 22.3. The Bertz CT molecular complexity index is 1210. The van der Waals surface area contributed by atoms with Gasteiger partial charge in [0, 0.05) is 55.8 Å². The molecule has 0 aromatic heterocycles. The number of hydrogen-bond acceptors (Lipinski definition) is 4. The summed E-state index contributed by atoms with van der Waals surface area (Å²) in [5, 5.41) is 0. The highest BCUT2D eigenvalue weighted by atomic mass is 35.5. The Hall–Kier alpha value is -2.17. The number of alkyl halides is 6. The first kappa shape index (κ1) is 36.0. The molecule has 2 aliphatic rings. The van der Waals surface area contributed by atoms with E-state index < -0.39 is 46.8 Å². The number of benzene rings is 2. The molecule has 0 unspecified atom stereocenters. The molecule has 14 heteroatoms. The predicted octanol–water partition coefficient (Wildman–Crippen LogP) is 6.13. The number of thioether (sulfide) groups is 1. The number of rotatable bonds is 5. The Labute approximate surface area is 256 Å². The summed E-state index contributed by atoms with van der Waals surface area (Å²) in [6, 6.07) is 5.96. The molecule has 42 heavy (non-hydrogen) atoms. The number of carbonyl (C=O) groups excluding carboxylic acids is 1. The summed E-state index contributed by atoms with van der Waals surface area (Å²) in [5.41, 5.74) is -3.08. The minimum absolute atomic E-state index is 0. The summed E-state index contributed by atoms with van der Waals surface area (Å²) in [4.78, 5) is 19.0. The van der Waals surface area contributed by atoms with Crippen molar-refractivity contribution in [2.24, 2.45) is 0 Å². The second kappa shape index (κ2) is 15.5. The van der Waals surface area contributed by atoms with Gasteiger partial charge in [-0.2, -0.15) is 38.1 Å². The Morgan fingerprint density at radius 2 is 1.36 bits per heavy atom. The molecule has 2 aromatic carbocycles. The molecule has 232 valence electrons. The van der Waals surface area contributed by atoms with E-state index in [1.165, 1.54) is 17.0 Å². The van der Waals surface area contributed by atoms with Gasteiger partial charge >= 0.3 is 12.4 Å². The minimum Gasteiger partial charge on any atom is -0.333 e. The quantitative estimate of drug-likeness (QED) is 0.285. The third-order valence-electron chi connectivity index (χ3n) is 6.88. The van der Waals surface area contributed by atoms with Crippen LogP contribution in [-0.4, -0.2) is 84.0 Å². The molecule has 2 aromatic rings. The Kier molecular flexibility index (Phi) is 13.3. The van der Waals surface area contributed by atoms with Crippen molar-refractivity contribution in [1.29, 1.82) is 0 Å². The van der Waals surface area contributed by atoms with Crippen LogP contribution in [0.2, 0.25) is 0 Å². The van der Waals surface area contributed by atoms with Gasteiger partial charge in [0.15, 0.2) is 0 Å². The van der Waals surface area contributed by atoms with E-state index in [4.69, 9.17) is 0 Å². The van der Waals surface area contributed by atoms with E-state index in [2.05, 4.69) is 16.7 Å². The van der Waals surface area contributed by atoms with E-state index in [0.29, 0.717) is 43.9 Å². The molecule has 1 amide bonds. The average molecular weight is 661 g/mol. The third-order valence-corrected chi connectivity index (χ3v) is 7.82. The Balaban J connectivity index is 0.00000308. The van der Waals surface area contributed by atoms with Gasteiger partial charge in [0.25, 0.3) is 5.91 Å². The lowest BCUT2D eigenvalue weighted by molar-refractivity contribution is -0.143. The van der Waals surface area contributed by atoms with E-state index in [0.717, 1.165) is 24.6 Å². The maximum atomic E-state index is 13.5. The van der Waals surface area contributed by atoms with E-state index in [1.54, 1.807) is 12.1 Å². The summed E-state index contributed by atoms with van der Waals surface area (Å²) in [7, 11) is 0. The van der Waals surface area contributed by atoms with Crippen LogP contribution < -0.4 is 0 Å². The van der Waals surface area contributed by atoms with Crippen LogP contribution in [0.1, 0.15) is 27.0 Å². The lowest BCUT2D eigenvalue weighted by atomic mass is 9.99. The topological polar surface area (TPSA) is 26.8 Å². The fourth-order valence-corrected chi connectivity index (χ4v) is 5.72. The van der Waals surface area contributed by atoms with Crippen LogP contribution in [0.4, 0.5) is 30.7 Å². The van der Waals surface area contributed by atoms with Gasteiger partial charge in [0.2, 0.25) is 0 Å². The fourth-order valence-electron chi connectivity index (χ4n) is 4.74. The van der Waals surface area contributed by atoms with Crippen molar-refractivity contribution in [2.75, 3.05) is 57.3 Å². The molecule has 0 saturated carbocycles. The monoisotopic (exact) mass is 659 g/mol. The number of amides is 1. The van der Waals surface area contributed by atoms with Crippen LogP contribution in [0.3, 0.4) is 0 Å². The van der Waals surface area contributed by atoms with Crippen LogP contribution >= 0.6 is 36.6 Å². The van der Waals surface area contributed by atoms with Crippen molar-refractivity contribution in [3.63, 3.8) is 0 Å². The molecule has 0 spiro atoms. The largest absolute Gasteiger partial charge is 0.416 e. The van der Waals surface area contributed by atoms with Gasteiger partial charge in [-0.15, -0.1) is 24.8 Å². The molecule has 2 saturated heterocycles. The number of piperazine rings is 1. The SMILES string of the molecule is Cl.Cl.O=C(c1cc(C(F)(F)F)cc(C(F)(F)F)c1)N1CCN(CC#CCN2CCSCC2)C[C@H]1Cc1ccc(F)cc1. The molecule has 0 radical (unpaired) electrons. The molecule has 2 aliphatic heterocycles. The summed E-state index contributed by atoms with van der Waals surface area (Å²) in [6.45, 7) is 3.76. The highest BCUT2D eigenvalue weighted by molar-refractivity contribution is 7.99. The molecular formula is C28H30Cl2F7N3OS. The molecule has 0 N–H and O–H groups in total. The summed E-state index contributed by atoms with van der Waals surface area (Å²) in [5.74, 6) is 7.07. The molecule has 0 bridgehead atoms. The third kappa shape index (κ3) is 9.95. The van der Waals surface area contributed by atoms with Gasteiger partial charge in [-0.25, -0.2) is 4.39 Å². The van der Waals surface area contributed by atoms with Crippen LogP contribution in [0, 0.1) is 17.7 Å². The van der Waals surface area contributed by atoms with Gasteiger partial charge in [0.1, 0.15) is 5.82 Å². The maximum Gasteiger partial charge on any atom is 0.416 e. The highest BCUT2D eigenvalue weighted by Gasteiger charge is 2.39. The molecule has 4 rings (SSSR count). The van der Waals surface area contributed by atoms with Crippen molar-refractivity contribution in [3.05, 3.63) is 70.5 Å². The van der Waals surface area contributed by atoms with Gasteiger partial charge < -0.3 is 4.90 Å². The van der Waals surface area contributed by atoms with Crippen molar-refractivity contribution in [2.45, 2.75) is 24.8 Å². The lowest BCUT2D eigenvalue weighted by Crippen LogP contribution is -2.56. The van der Waals surface area contributed by atoms with Gasteiger partial charge in [0.05, 0.1) is 24.2 Å². The standard InChI is InChI=1S/C28H28F7N3OS.2ClH/c29-24-5-3-20(4-6-24)15-25-19-37(8-2-1-7-36-11-13-40-14-12-36)9-10-38(25)26(39)21-16-22(27(30,31)32)18-23(17-21)28(33,34)35;;/h3-6,16-18,25H,7-15,19H2;2*1H/t25-;;/m1../s1. The molecule has 2 heterocycles. The fraction of sp³-hybridized carbons (Fsp3) is 0.464. The number of carbonyl (C=O) groups is 1. The van der Waals surface area contributed by atoms with Crippen molar-refractivity contribution >= 4 is 42.5 Å². The molecule has 1 atom stereocenters. The summed E-state index contributed by atoms with van der Waals surface area (Å²) in [6.07, 6.45) is -9.88. The maximum absolute atomic E-state index is 13.5. The molecule has 2 fully saturated rings. The lowest BCUT2D eigenvalue weighted by Gasteiger charge is -2.41. The Morgan fingerprint density at radius 1 is 0.810 bits per heavy atom. The highest BCUT2D eigenvalue weighted by Crippen LogP contribution is 2.37. The summed E-state index contributed by atoms with van der Waals surface area (Å²) < 4.78 is 93.9. The van der Waals surface area contributed by atoms with Crippen molar-refractivity contribution in [3.8, 4) is 11.8 Å². The molecule has 4 nitrogen and oxygen atoms in total. The van der Waals surface area contributed by atoms with Gasteiger partial charge in [-0.1, -0.05) is 24.0 Å². The second-order valence-corrected chi connectivity index (χ2v) is 11.0. The zero-order chi connectivity index (χ0) is 28.9. The normalized spacial score (nSPS) is 18.4. The van der Waals surface area contributed by atoms with E-state index >= 15 is 0 Å². The second-order valence-electron chi connectivity index (χ2n) is 9.75. The van der Waals surface area contributed by atoms with Crippen molar-refractivity contribution in [1.82, 2.24) is 14.7 Å². The average Bonchev–Trinajstić information content (AvgIpc) is 2.91. The van der Waals surface area contributed by atoms with Crippen molar-refractivity contribution < 1.29 is 35.5 Å². The minimum atomic E-state index is -5.06. The smallest absolute Gasteiger partial charge is 0.333 e. The first-order valence-electron chi connectivity index (χ1n) is 12.7. The number of halogens is 9. The van der Waals surface area contributed by atoms with Gasteiger partial charge in [-0.3, -0.25) is 14.6 Å². The van der Waals surface area contributed by atoms with Gasteiger partial charge in [-0.05, 0) is 42.3 Å². The zero-order valence-corrected chi connectivity index (χ0v) is 24.8. The predicted molar refractivity (Wildman–Crippen MR) is 154 cm³/mol. The van der Waals surface area contributed by atoms with E-state index in [9.17, 15) is 35.5 Å². The molecular weight excluding hydrogens is 630 g/mol. The van der Waals surface area contributed by atoms with Crippen LogP contribution in [-0.2, 0) is 18.8 Å². The first-order chi connectivity index (χ1) is 18.9. The van der Waals surface area contributed by atoms with Crippen LogP contribution in [0.5, 0.6) is 0 Å². The van der Waals surface area contributed by atoms with Crippen LogP contribution in [0.25, 0.3) is 0 Å². The molecule has 0 aliphatic carbocycles. The first-order valence-corrected chi connectivity index (χ1v) is 13.9.